The highest BCUT2D eigenvalue weighted by Gasteiger charge is 2.13. The molecule has 1 saturated heterocycles. The largest absolute Gasteiger partial charge is 0.378 e. The maximum absolute atomic E-state index is 5.33. The minimum Gasteiger partial charge on any atom is -0.378 e. The number of morpholine rings is 1. The number of hydrogen-bond donors (Lipinski definition) is 1. The first-order chi connectivity index (χ1) is 10.3. The van der Waals surface area contributed by atoms with E-state index in [1.807, 2.05) is 37.6 Å². The van der Waals surface area contributed by atoms with Gasteiger partial charge in [-0.25, -0.2) is 15.0 Å². The molecule has 0 unspecified atom stereocenters. The first kappa shape index (κ1) is 13.8. The minimum absolute atomic E-state index is 0.666. The molecule has 6 heteroatoms. The third-order valence-electron chi connectivity index (χ3n) is 3.37. The number of rotatable bonds is 4. The Morgan fingerprint density at radius 1 is 1.10 bits per heavy atom. The molecule has 21 heavy (non-hydrogen) atoms. The number of pyridine rings is 1. The Labute approximate surface area is 124 Å². The van der Waals surface area contributed by atoms with Crippen molar-refractivity contribution in [3.8, 4) is 0 Å². The predicted octanol–water partition coefficient (Wildman–Crippen LogP) is 1.63. The second kappa shape index (κ2) is 6.49. The molecule has 0 radical (unpaired) electrons. The molecule has 0 bridgehead atoms. The van der Waals surface area contributed by atoms with Crippen molar-refractivity contribution >= 4 is 11.8 Å². The molecule has 0 aromatic carbocycles. The quantitative estimate of drug-likeness (QED) is 0.921. The molecule has 1 fully saturated rings. The van der Waals surface area contributed by atoms with Gasteiger partial charge >= 0.3 is 0 Å². The minimum atomic E-state index is 0.666. The standard InChI is InChI=1S/C15H19N5O/c1-12-2-3-14(16-8-12)17-9-13-10-18-15(19-11-13)20-4-6-21-7-5-20/h2-3,8,10-11H,4-7,9H2,1H3,(H,16,17). The van der Waals surface area contributed by atoms with Crippen LogP contribution >= 0.6 is 0 Å². The van der Waals surface area contributed by atoms with Crippen LogP contribution < -0.4 is 10.2 Å². The van der Waals surface area contributed by atoms with Crippen molar-refractivity contribution in [1.82, 2.24) is 15.0 Å². The van der Waals surface area contributed by atoms with Gasteiger partial charge in [-0.2, -0.15) is 0 Å². The van der Waals surface area contributed by atoms with Gasteiger partial charge in [0.1, 0.15) is 5.82 Å². The molecule has 2 aromatic rings. The Morgan fingerprint density at radius 3 is 2.52 bits per heavy atom. The Balaban J connectivity index is 1.57. The van der Waals surface area contributed by atoms with Crippen LogP contribution in [0.5, 0.6) is 0 Å². The zero-order chi connectivity index (χ0) is 14.5. The summed E-state index contributed by atoms with van der Waals surface area (Å²) in [5.74, 6) is 1.63. The fraction of sp³-hybridized carbons (Fsp3) is 0.400. The zero-order valence-electron chi connectivity index (χ0n) is 12.1. The van der Waals surface area contributed by atoms with Crippen LogP contribution in [0, 0.1) is 6.92 Å². The van der Waals surface area contributed by atoms with Gasteiger partial charge in [0, 0.05) is 43.8 Å². The molecule has 0 saturated carbocycles. The van der Waals surface area contributed by atoms with E-state index in [9.17, 15) is 0 Å². The molecule has 0 spiro atoms. The molecule has 3 heterocycles. The predicted molar refractivity (Wildman–Crippen MR) is 81.4 cm³/mol. The van der Waals surface area contributed by atoms with Crippen molar-refractivity contribution in [1.29, 1.82) is 0 Å². The number of aromatic nitrogens is 3. The van der Waals surface area contributed by atoms with E-state index in [1.165, 1.54) is 0 Å². The van der Waals surface area contributed by atoms with E-state index < -0.39 is 0 Å². The third-order valence-corrected chi connectivity index (χ3v) is 3.37. The maximum atomic E-state index is 5.33. The lowest BCUT2D eigenvalue weighted by molar-refractivity contribution is 0.122. The lowest BCUT2D eigenvalue weighted by Gasteiger charge is -2.26. The summed E-state index contributed by atoms with van der Waals surface area (Å²) in [6.45, 7) is 5.88. The summed E-state index contributed by atoms with van der Waals surface area (Å²) in [6, 6.07) is 4.01. The molecule has 1 aliphatic rings. The smallest absolute Gasteiger partial charge is 0.225 e. The van der Waals surface area contributed by atoms with Crippen LogP contribution in [0.4, 0.5) is 11.8 Å². The van der Waals surface area contributed by atoms with Gasteiger partial charge in [0.15, 0.2) is 0 Å². The number of ether oxygens (including phenoxy) is 1. The van der Waals surface area contributed by atoms with Crippen LogP contribution in [-0.4, -0.2) is 41.3 Å². The fourth-order valence-electron chi connectivity index (χ4n) is 2.13. The summed E-state index contributed by atoms with van der Waals surface area (Å²) < 4.78 is 5.33. The van der Waals surface area contributed by atoms with Crippen molar-refractivity contribution in [2.75, 3.05) is 36.5 Å². The fourth-order valence-corrected chi connectivity index (χ4v) is 2.13. The van der Waals surface area contributed by atoms with Crippen LogP contribution in [0.25, 0.3) is 0 Å². The SMILES string of the molecule is Cc1ccc(NCc2cnc(N3CCOCC3)nc2)nc1. The average Bonchev–Trinajstić information content (AvgIpc) is 2.56. The zero-order valence-corrected chi connectivity index (χ0v) is 12.1. The normalized spacial score (nSPS) is 15.0. The van der Waals surface area contributed by atoms with Crippen molar-refractivity contribution in [2.45, 2.75) is 13.5 Å². The highest BCUT2D eigenvalue weighted by Crippen LogP contribution is 2.10. The second-order valence-corrected chi connectivity index (χ2v) is 5.07. The lowest BCUT2D eigenvalue weighted by atomic mass is 10.3. The molecule has 110 valence electrons. The number of nitrogens with one attached hydrogen (secondary N) is 1. The monoisotopic (exact) mass is 285 g/mol. The van der Waals surface area contributed by atoms with E-state index in [0.29, 0.717) is 6.54 Å². The van der Waals surface area contributed by atoms with Gasteiger partial charge < -0.3 is 15.0 Å². The first-order valence-electron chi connectivity index (χ1n) is 7.11. The molecule has 6 nitrogen and oxygen atoms in total. The summed E-state index contributed by atoms with van der Waals surface area (Å²) in [7, 11) is 0. The van der Waals surface area contributed by atoms with Crippen molar-refractivity contribution in [2.24, 2.45) is 0 Å². The third kappa shape index (κ3) is 3.66. The van der Waals surface area contributed by atoms with Gasteiger partial charge in [0.05, 0.1) is 13.2 Å². The Hall–Kier alpha value is -2.21. The molecular weight excluding hydrogens is 266 g/mol. The van der Waals surface area contributed by atoms with Gasteiger partial charge in [0.2, 0.25) is 5.95 Å². The number of hydrogen-bond acceptors (Lipinski definition) is 6. The summed E-state index contributed by atoms with van der Waals surface area (Å²) in [6.07, 6.45) is 5.57. The summed E-state index contributed by atoms with van der Waals surface area (Å²) in [4.78, 5) is 15.3. The van der Waals surface area contributed by atoms with Crippen molar-refractivity contribution in [3.63, 3.8) is 0 Å². The highest BCUT2D eigenvalue weighted by atomic mass is 16.5. The molecule has 2 aromatic heterocycles. The summed E-state index contributed by atoms with van der Waals surface area (Å²) in [5, 5.41) is 3.26. The van der Waals surface area contributed by atoms with Crippen LogP contribution in [0.3, 0.4) is 0 Å². The number of nitrogens with zero attached hydrogens (tertiary/aromatic N) is 4. The topological polar surface area (TPSA) is 63.2 Å². The van der Waals surface area contributed by atoms with Crippen LogP contribution in [0.15, 0.2) is 30.7 Å². The van der Waals surface area contributed by atoms with Crippen LogP contribution in [-0.2, 0) is 11.3 Å². The van der Waals surface area contributed by atoms with Crippen LogP contribution in [0.1, 0.15) is 11.1 Å². The lowest BCUT2D eigenvalue weighted by Crippen LogP contribution is -2.37. The first-order valence-corrected chi connectivity index (χ1v) is 7.11. The van der Waals surface area contributed by atoms with E-state index >= 15 is 0 Å². The van der Waals surface area contributed by atoms with Gasteiger partial charge in [0.25, 0.3) is 0 Å². The summed E-state index contributed by atoms with van der Waals surface area (Å²) >= 11 is 0. The van der Waals surface area contributed by atoms with E-state index in [0.717, 1.165) is 49.2 Å². The van der Waals surface area contributed by atoms with Crippen molar-refractivity contribution in [3.05, 3.63) is 41.9 Å². The van der Waals surface area contributed by atoms with Crippen molar-refractivity contribution < 1.29 is 4.74 Å². The molecule has 1 aliphatic heterocycles. The van der Waals surface area contributed by atoms with E-state index in [-0.39, 0.29) is 0 Å². The van der Waals surface area contributed by atoms with Gasteiger partial charge in [-0.15, -0.1) is 0 Å². The highest BCUT2D eigenvalue weighted by molar-refractivity contribution is 5.36. The Morgan fingerprint density at radius 2 is 1.86 bits per heavy atom. The Kier molecular flexibility index (Phi) is 4.25. The van der Waals surface area contributed by atoms with Gasteiger partial charge in [-0.3, -0.25) is 0 Å². The molecular formula is C15H19N5O. The molecule has 1 N–H and O–H groups in total. The molecule has 0 aliphatic carbocycles. The Bertz CT molecular complexity index is 564. The van der Waals surface area contributed by atoms with Gasteiger partial charge in [-0.05, 0) is 18.6 Å². The maximum Gasteiger partial charge on any atom is 0.225 e. The molecule has 0 atom stereocenters. The van der Waals surface area contributed by atoms with E-state index in [1.54, 1.807) is 0 Å². The van der Waals surface area contributed by atoms with Gasteiger partial charge in [-0.1, -0.05) is 6.07 Å². The van der Waals surface area contributed by atoms with E-state index in [4.69, 9.17) is 4.74 Å². The number of anilines is 2. The van der Waals surface area contributed by atoms with Crippen LogP contribution in [0.2, 0.25) is 0 Å². The van der Waals surface area contributed by atoms with E-state index in [2.05, 4.69) is 25.2 Å². The second-order valence-electron chi connectivity index (χ2n) is 5.07. The molecule has 0 amide bonds. The molecule has 3 rings (SSSR count). The average molecular weight is 285 g/mol. The summed E-state index contributed by atoms with van der Waals surface area (Å²) in [5.41, 5.74) is 2.19. The number of aryl methyl sites for hydroxylation is 1.